The van der Waals surface area contributed by atoms with E-state index in [9.17, 15) is 9.18 Å². The number of ether oxygens (including phenoxy) is 1. The molecule has 0 amide bonds. The average Bonchev–Trinajstić information content (AvgIpc) is 2.40. The van der Waals surface area contributed by atoms with Gasteiger partial charge in [-0.05, 0) is 35.9 Å². The summed E-state index contributed by atoms with van der Waals surface area (Å²) in [5.74, 6) is 0.0964. The minimum Gasteiger partial charge on any atom is -0.496 e. The molecule has 2 rings (SSSR count). The molecule has 0 aliphatic heterocycles. The highest BCUT2D eigenvalue weighted by Gasteiger charge is 2.09. The second-order valence-electron chi connectivity index (χ2n) is 3.70. The Morgan fingerprint density at radius 1 is 1.22 bits per heavy atom. The Morgan fingerprint density at radius 3 is 2.67 bits per heavy atom. The highest BCUT2D eigenvalue weighted by atomic mass is 35.5. The van der Waals surface area contributed by atoms with Crippen LogP contribution in [-0.4, -0.2) is 13.4 Å². The zero-order chi connectivity index (χ0) is 13.1. The molecule has 0 aromatic heterocycles. The average molecular weight is 265 g/mol. The van der Waals surface area contributed by atoms with Gasteiger partial charge in [-0.2, -0.15) is 0 Å². The van der Waals surface area contributed by atoms with Crippen molar-refractivity contribution in [3.05, 3.63) is 52.8 Å². The van der Waals surface area contributed by atoms with Crippen LogP contribution < -0.4 is 4.74 Å². The number of methoxy groups -OCH3 is 1. The number of hydrogen-bond acceptors (Lipinski definition) is 2. The number of aldehydes is 1. The Bertz CT molecular complexity index is 596. The second-order valence-corrected chi connectivity index (χ2v) is 4.11. The van der Waals surface area contributed by atoms with Crippen LogP contribution in [0.1, 0.15) is 10.4 Å². The topological polar surface area (TPSA) is 26.3 Å². The maximum absolute atomic E-state index is 13.2. The van der Waals surface area contributed by atoms with Crippen LogP contribution in [0.25, 0.3) is 11.1 Å². The summed E-state index contributed by atoms with van der Waals surface area (Å²) in [5, 5.41) is 0.429. The van der Waals surface area contributed by atoms with Crippen LogP contribution in [0.5, 0.6) is 5.75 Å². The van der Waals surface area contributed by atoms with Gasteiger partial charge in [-0.3, -0.25) is 4.79 Å². The van der Waals surface area contributed by atoms with Crippen molar-refractivity contribution in [3.8, 4) is 16.9 Å². The van der Waals surface area contributed by atoms with E-state index in [1.54, 1.807) is 18.2 Å². The van der Waals surface area contributed by atoms with Crippen LogP contribution in [-0.2, 0) is 0 Å². The van der Waals surface area contributed by atoms with Crippen molar-refractivity contribution in [1.82, 2.24) is 0 Å². The van der Waals surface area contributed by atoms with Crippen LogP contribution in [0.4, 0.5) is 4.39 Å². The van der Waals surface area contributed by atoms with Gasteiger partial charge in [0.15, 0.2) is 6.29 Å². The fourth-order valence-corrected chi connectivity index (χ4v) is 1.94. The van der Waals surface area contributed by atoms with E-state index in [0.29, 0.717) is 33.7 Å². The summed E-state index contributed by atoms with van der Waals surface area (Å²) in [7, 11) is 1.48. The third kappa shape index (κ3) is 2.36. The molecule has 0 radical (unpaired) electrons. The summed E-state index contributed by atoms with van der Waals surface area (Å²) in [6, 6.07) is 9.10. The number of carbonyl (C=O) groups is 1. The predicted molar refractivity (Wildman–Crippen MR) is 68.8 cm³/mol. The molecule has 0 spiro atoms. The summed E-state index contributed by atoms with van der Waals surface area (Å²) < 4.78 is 18.3. The minimum absolute atomic E-state index is 0.377. The number of halogens is 2. The molecule has 18 heavy (non-hydrogen) atoms. The van der Waals surface area contributed by atoms with E-state index in [2.05, 4.69) is 0 Å². The third-order valence-electron chi connectivity index (χ3n) is 2.60. The monoisotopic (exact) mass is 264 g/mol. The van der Waals surface area contributed by atoms with Gasteiger partial charge in [0.2, 0.25) is 0 Å². The standard InChI is InChI=1S/C14H10ClFO2/c1-18-14-5-2-9(6-10(14)8-17)12-7-11(16)3-4-13(12)15/h2-8H,1H3. The van der Waals surface area contributed by atoms with E-state index < -0.39 is 0 Å². The van der Waals surface area contributed by atoms with Gasteiger partial charge < -0.3 is 4.74 Å². The van der Waals surface area contributed by atoms with Crippen LogP contribution in [0.3, 0.4) is 0 Å². The zero-order valence-electron chi connectivity index (χ0n) is 9.61. The van der Waals surface area contributed by atoms with Crippen molar-refractivity contribution in [1.29, 1.82) is 0 Å². The first-order valence-electron chi connectivity index (χ1n) is 5.24. The van der Waals surface area contributed by atoms with Crippen molar-refractivity contribution in [3.63, 3.8) is 0 Å². The van der Waals surface area contributed by atoms with E-state index in [1.807, 2.05) is 0 Å². The van der Waals surface area contributed by atoms with Crippen molar-refractivity contribution >= 4 is 17.9 Å². The molecule has 0 unspecified atom stereocenters. The molecule has 4 heteroatoms. The second kappa shape index (κ2) is 5.19. The van der Waals surface area contributed by atoms with Gasteiger partial charge in [0, 0.05) is 10.6 Å². The highest BCUT2D eigenvalue weighted by molar-refractivity contribution is 6.33. The van der Waals surface area contributed by atoms with Gasteiger partial charge in [-0.15, -0.1) is 0 Å². The first kappa shape index (κ1) is 12.6. The molecular weight excluding hydrogens is 255 g/mol. The fourth-order valence-electron chi connectivity index (χ4n) is 1.71. The van der Waals surface area contributed by atoms with Gasteiger partial charge in [-0.25, -0.2) is 4.39 Å². The molecule has 2 aromatic rings. The summed E-state index contributed by atoms with van der Waals surface area (Å²) >= 11 is 6.01. The number of rotatable bonds is 3. The van der Waals surface area contributed by atoms with Crippen molar-refractivity contribution in [2.45, 2.75) is 0 Å². The molecule has 0 heterocycles. The van der Waals surface area contributed by atoms with E-state index >= 15 is 0 Å². The van der Waals surface area contributed by atoms with Crippen molar-refractivity contribution in [2.24, 2.45) is 0 Å². The van der Waals surface area contributed by atoms with Crippen LogP contribution >= 0.6 is 11.6 Å². The largest absolute Gasteiger partial charge is 0.496 e. The Kier molecular flexibility index (Phi) is 3.63. The van der Waals surface area contributed by atoms with E-state index in [4.69, 9.17) is 16.3 Å². The number of carbonyl (C=O) groups excluding carboxylic acids is 1. The van der Waals surface area contributed by atoms with Gasteiger partial charge in [-0.1, -0.05) is 17.7 Å². The van der Waals surface area contributed by atoms with Gasteiger partial charge >= 0.3 is 0 Å². The number of benzene rings is 2. The van der Waals surface area contributed by atoms with Crippen LogP contribution in [0.2, 0.25) is 5.02 Å². The Morgan fingerprint density at radius 2 is 2.00 bits per heavy atom. The van der Waals surface area contributed by atoms with E-state index in [-0.39, 0.29) is 5.82 Å². The molecule has 0 bridgehead atoms. The molecule has 0 atom stereocenters. The lowest BCUT2D eigenvalue weighted by molar-refractivity contribution is 0.112. The first-order valence-corrected chi connectivity index (χ1v) is 5.62. The zero-order valence-corrected chi connectivity index (χ0v) is 10.4. The normalized spacial score (nSPS) is 10.2. The lowest BCUT2D eigenvalue weighted by Crippen LogP contribution is -1.91. The van der Waals surface area contributed by atoms with E-state index in [0.717, 1.165) is 0 Å². The summed E-state index contributed by atoms with van der Waals surface area (Å²) in [6.07, 6.45) is 0.690. The van der Waals surface area contributed by atoms with Gasteiger partial charge in [0.1, 0.15) is 11.6 Å². The SMILES string of the molecule is COc1ccc(-c2cc(F)ccc2Cl)cc1C=O. The smallest absolute Gasteiger partial charge is 0.153 e. The first-order chi connectivity index (χ1) is 8.65. The molecule has 0 fully saturated rings. The molecular formula is C14H10ClFO2. The molecule has 0 N–H and O–H groups in total. The number of hydrogen-bond donors (Lipinski definition) is 0. The molecule has 0 aliphatic carbocycles. The molecule has 0 aliphatic rings. The minimum atomic E-state index is -0.377. The van der Waals surface area contributed by atoms with Crippen LogP contribution in [0.15, 0.2) is 36.4 Å². The van der Waals surface area contributed by atoms with Crippen molar-refractivity contribution in [2.75, 3.05) is 7.11 Å². The lowest BCUT2D eigenvalue weighted by Gasteiger charge is -2.08. The quantitative estimate of drug-likeness (QED) is 0.784. The molecule has 2 aromatic carbocycles. The van der Waals surface area contributed by atoms with Gasteiger partial charge in [0.05, 0.1) is 12.7 Å². The maximum atomic E-state index is 13.2. The predicted octanol–water partition coefficient (Wildman–Crippen LogP) is 3.97. The van der Waals surface area contributed by atoms with Crippen LogP contribution in [0, 0.1) is 5.82 Å². The Hall–Kier alpha value is -1.87. The highest BCUT2D eigenvalue weighted by Crippen LogP contribution is 2.31. The summed E-state index contributed by atoms with van der Waals surface area (Å²) in [4.78, 5) is 10.9. The summed E-state index contributed by atoms with van der Waals surface area (Å²) in [5.41, 5.74) is 1.61. The summed E-state index contributed by atoms with van der Waals surface area (Å²) in [6.45, 7) is 0. The van der Waals surface area contributed by atoms with Gasteiger partial charge in [0.25, 0.3) is 0 Å². The molecule has 0 saturated carbocycles. The molecule has 92 valence electrons. The lowest BCUT2D eigenvalue weighted by atomic mass is 10.0. The van der Waals surface area contributed by atoms with Crippen molar-refractivity contribution < 1.29 is 13.9 Å². The Labute approximate surface area is 109 Å². The fraction of sp³-hybridized carbons (Fsp3) is 0.0714. The maximum Gasteiger partial charge on any atom is 0.153 e. The molecule has 2 nitrogen and oxygen atoms in total. The van der Waals surface area contributed by atoms with E-state index in [1.165, 1.54) is 25.3 Å². The third-order valence-corrected chi connectivity index (χ3v) is 2.93. The Balaban J connectivity index is 2.57. The molecule has 0 saturated heterocycles.